The van der Waals surface area contributed by atoms with Gasteiger partial charge in [-0.05, 0) is 24.3 Å². The molecule has 0 radical (unpaired) electrons. The number of hydrogen-bond donors (Lipinski definition) is 1. The topological polar surface area (TPSA) is 107 Å². The molecule has 0 aliphatic rings. The first kappa shape index (κ1) is 19.0. The molecule has 0 spiro atoms. The van der Waals surface area contributed by atoms with Crippen molar-refractivity contribution in [3.05, 3.63) is 74.8 Å². The van der Waals surface area contributed by atoms with E-state index in [4.69, 9.17) is 0 Å². The number of hydrogen-bond acceptors (Lipinski definition) is 5. The maximum atomic E-state index is 12.7. The Balaban J connectivity index is 1.82. The van der Waals surface area contributed by atoms with Gasteiger partial charge in [-0.25, -0.2) is 4.98 Å². The van der Waals surface area contributed by atoms with Crippen LogP contribution >= 0.6 is 0 Å². The van der Waals surface area contributed by atoms with Crippen LogP contribution in [-0.2, 0) is 17.5 Å². The van der Waals surface area contributed by atoms with E-state index < -0.39 is 34.7 Å². The number of fused-ring (bicyclic) bond motifs is 1. The van der Waals surface area contributed by atoms with E-state index in [0.29, 0.717) is 0 Å². The molecule has 1 aromatic heterocycles. The lowest BCUT2D eigenvalue weighted by Crippen LogP contribution is -2.28. The van der Waals surface area contributed by atoms with Gasteiger partial charge in [-0.15, -0.1) is 0 Å². The van der Waals surface area contributed by atoms with Crippen LogP contribution in [0.3, 0.4) is 0 Å². The predicted octanol–water partition coefficient (Wildman–Crippen LogP) is 2.96. The number of alkyl halides is 3. The van der Waals surface area contributed by atoms with Crippen molar-refractivity contribution in [1.82, 2.24) is 9.55 Å². The second-order valence-corrected chi connectivity index (χ2v) is 5.76. The van der Waals surface area contributed by atoms with E-state index in [-0.39, 0.29) is 22.3 Å². The van der Waals surface area contributed by atoms with Crippen LogP contribution in [0.1, 0.15) is 5.56 Å². The number of carbonyl (C=O) groups excluding carboxylic acids is 1. The second-order valence-electron chi connectivity index (χ2n) is 5.76. The fraction of sp³-hybridized carbons (Fsp3) is 0.118. The van der Waals surface area contributed by atoms with Crippen LogP contribution in [0.15, 0.2) is 53.6 Å². The molecular formula is C17H11F3N4O4. The van der Waals surface area contributed by atoms with Gasteiger partial charge in [-0.3, -0.25) is 24.3 Å². The smallest absolute Gasteiger partial charge is 0.325 e. The van der Waals surface area contributed by atoms with Crippen LogP contribution in [0.25, 0.3) is 10.9 Å². The number of non-ortho nitro benzene ring substituents is 1. The lowest BCUT2D eigenvalue weighted by atomic mass is 10.2. The summed E-state index contributed by atoms with van der Waals surface area (Å²) in [5, 5.41) is 13.1. The third-order valence-corrected chi connectivity index (χ3v) is 3.81. The van der Waals surface area contributed by atoms with Crippen molar-refractivity contribution < 1.29 is 22.9 Å². The minimum atomic E-state index is -4.55. The van der Waals surface area contributed by atoms with E-state index in [0.717, 1.165) is 41.2 Å². The van der Waals surface area contributed by atoms with Gasteiger partial charge in [0.05, 0.1) is 27.7 Å². The van der Waals surface area contributed by atoms with Crippen LogP contribution < -0.4 is 10.9 Å². The Morgan fingerprint density at radius 1 is 1.21 bits per heavy atom. The molecule has 11 heteroatoms. The highest BCUT2D eigenvalue weighted by Gasteiger charge is 2.30. The highest BCUT2D eigenvalue weighted by Crippen LogP contribution is 2.30. The van der Waals surface area contributed by atoms with Gasteiger partial charge < -0.3 is 5.32 Å². The highest BCUT2D eigenvalue weighted by molar-refractivity contribution is 5.91. The molecule has 3 aromatic rings. The van der Waals surface area contributed by atoms with E-state index in [2.05, 4.69) is 10.3 Å². The summed E-state index contributed by atoms with van der Waals surface area (Å²) in [5.41, 5.74) is -1.75. The van der Waals surface area contributed by atoms with E-state index in [1.807, 2.05) is 0 Å². The summed E-state index contributed by atoms with van der Waals surface area (Å²) >= 11 is 0. The van der Waals surface area contributed by atoms with E-state index in [9.17, 15) is 32.9 Å². The fourth-order valence-corrected chi connectivity index (χ4v) is 2.50. The van der Waals surface area contributed by atoms with Crippen molar-refractivity contribution in [1.29, 1.82) is 0 Å². The minimum Gasteiger partial charge on any atom is -0.325 e. The molecule has 0 aliphatic heterocycles. The predicted molar refractivity (Wildman–Crippen MR) is 92.7 cm³/mol. The summed E-state index contributed by atoms with van der Waals surface area (Å²) in [4.78, 5) is 38.6. The first-order valence-electron chi connectivity index (χ1n) is 7.76. The van der Waals surface area contributed by atoms with Gasteiger partial charge in [0.15, 0.2) is 0 Å². The summed E-state index contributed by atoms with van der Waals surface area (Å²) in [5.74, 6) is -0.732. The fourth-order valence-electron chi connectivity index (χ4n) is 2.50. The normalized spacial score (nSPS) is 11.4. The van der Waals surface area contributed by atoms with Gasteiger partial charge in [0.1, 0.15) is 6.54 Å². The zero-order chi connectivity index (χ0) is 20.5. The summed E-state index contributed by atoms with van der Waals surface area (Å²) in [6, 6.07) is 7.57. The van der Waals surface area contributed by atoms with Crippen molar-refractivity contribution in [3.63, 3.8) is 0 Å². The monoisotopic (exact) mass is 392 g/mol. The van der Waals surface area contributed by atoms with Crippen LogP contribution in [0.5, 0.6) is 0 Å². The second kappa shape index (κ2) is 7.10. The molecule has 0 fully saturated rings. The molecule has 8 nitrogen and oxygen atoms in total. The van der Waals surface area contributed by atoms with E-state index in [1.54, 1.807) is 0 Å². The van der Waals surface area contributed by atoms with Gasteiger partial charge in [0.25, 0.3) is 11.2 Å². The van der Waals surface area contributed by atoms with Gasteiger partial charge in [-0.1, -0.05) is 6.07 Å². The molecule has 3 rings (SSSR count). The lowest BCUT2D eigenvalue weighted by molar-refractivity contribution is -0.384. The van der Waals surface area contributed by atoms with Gasteiger partial charge in [0.2, 0.25) is 5.91 Å². The molecule has 0 saturated heterocycles. The number of nitrogens with one attached hydrogen (secondary N) is 1. The first-order chi connectivity index (χ1) is 13.1. The number of carbonyl (C=O) groups is 1. The minimum absolute atomic E-state index is 0.0694. The highest BCUT2D eigenvalue weighted by atomic mass is 19.4. The standard InChI is InChI=1S/C17H11F3N4O4/c18-17(19,20)10-2-1-3-11(6-10)22-15(25)8-23-9-21-14-7-12(24(27)28)4-5-13(14)16(23)26/h1-7,9H,8H2,(H,22,25). The van der Waals surface area contributed by atoms with Crippen LogP contribution in [0, 0.1) is 10.1 Å². The van der Waals surface area contributed by atoms with Crippen molar-refractivity contribution in [2.24, 2.45) is 0 Å². The van der Waals surface area contributed by atoms with Crippen LogP contribution in [0.2, 0.25) is 0 Å². The zero-order valence-corrected chi connectivity index (χ0v) is 13.9. The zero-order valence-electron chi connectivity index (χ0n) is 13.9. The van der Waals surface area contributed by atoms with E-state index in [1.165, 1.54) is 12.1 Å². The summed E-state index contributed by atoms with van der Waals surface area (Å²) in [6.07, 6.45) is -3.51. The molecule has 144 valence electrons. The van der Waals surface area contributed by atoms with Gasteiger partial charge in [-0.2, -0.15) is 13.2 Å². The Bertz CT molecular complexity index is 1140. The number of nitro groups is 1. The molecule has 0 bridgehead atoms. The third-order valence-electron chi connectivity index (χ3n) is 3.81. The Morgan fingerprint density at radius 2 is 1.96 bits per heavy atom. The number of aromatic nitrogens is 2. The average molecular weight is 392 g/mol. The Kier molecular flexibility index (Phi) is 4.82. The maximum Gasteiger partial charge on any atom is 0.416 e. The number of amides is 1. The molecular weight excluding hydrogens is 381 g/mol. The van der Waals surface area contributed by atoms with Crippen LogP contribution in [-0.4, -0.2) is 20.4 Å². The summed E-state index contributed by atoms with van der Waals surface area (Å²) in [7, 11) is 0. The molecule has 2 aromatic carbocycles. The Labute approximate surface area is 154 Å². The third kappa shape index (κ3) is 3.98. The Morgan fingerprint density at radius 3 is 2.64 bits per heavy atom. The molecule has 0 atom stereocenters. The number of nitrogens with zero attached hydrogens (tertiary/aromatic N) is 3. The van der Waals surface area contributed by atoms with Crippen molar-refractivity contribution in [2.75, 3.05) is 5.32 Å². The molecule has 0 unspecified atom stereocenters. The lowest BCUT2D eigenvalue weighted by Gasteiger charge is -2.11. The average Bonchev–Trinajstić information content (AvgIpc) is 2.63. The number of halogens is 3. The SMILES string of the molecule is O=C(Cn1cnc2cc([N+](=O)[O-])ccc2c1=O)Nc1cccc(C(F)(F)F)c1. The van der Waals surface area contributed by atoms with Gasteiger partial charge >= 0.3 is 6.18 Å². The van der Waals surface area contributed by atoms with Crippen molar-refractivity contribution in [2.45, 2.75) is 12.7 Å². The summed E-state index contributed by atoms with van der Waals surface area (Å²) in [6.45, 7) is -0.491. The first-order valence-corrected chi connectivity index (χ1v) is 7.76. The summed E-state index contributed by atoms with van der Waals surface area (Å²) < 4.78 is 39.1. The number of rotatable bonds is 4. The molecule has 1 heterocycles. The van der Waals surface area contributed by atoms with Crippen molar-refractivity contribution >= 4 is 28.2 Å². The molecule has 1 amide bonds. The van der Waals surface area contributed by atoms with E-state index >= 15 is 0 Å². The molecule has 0 aliphatic carbocycles. The quantitative estimate of drug-likeness (QED) is 0.543. The maximum absolute atomic E-state index is 12.7. The van der Waals surface area contributed by atoms with Crippen LogP contribution in [0.4, 0.5) is 24.5 Å². The largest absolute Gasteiger partial charge is 0.416 e. The molecule has 28 heavy (non-hydrogen) atoms. The molecule has 1 N–H and O–H groups in total. The number of anilines is 1. The number of benzene rings is 2. The number of nitro benzene ring substituents is 1. The van der Waals surface area contributed by atoms with Crippen molar-refractivity contribution in [3.8, 4) is 0 Å². The Hall–Kier alpha value is -3.76. The molecule has 0 saturated carbocycles. The van der Waals surface area contributed by atoms with Gasteiger partial charge in [0, 0.05) is 17.8 Å².